The predicted molar refractivity (Wildman–Crippen MR) is 123 cm³/mol. The van der Waals surface area contributed by atoms with Crippen molar-refractivity contribution in [1.82, 2.24) is 24.7 Å². The molecule has 0 bridgehead atoms. The molecule has 0 radical (unpaired) electrons. The standard InChI is InChI=1S/C20H13Cl3N6OS/c21-13-3-6-17(25-10-13)26-18(30)11-31-20-28-27-19(12-2-1-7-24-9-12)29(20)14-4-5-15(22)16(23)8-14/h1-10H,11H2,(H,25,26,30). The van der Waals surface area contributed by atoms with Crippen LogP contribution in [0, 0.1) is 0 Å². The van der Waals surface area contributed by atoms with E-state index in [4.69, 9.17) is 34.8 Å². The van der Waals surface area contributed by atoms with Crippen LogP contribution in [0.15, 0.2) is 66.2 Å². The normalized spacial score (nSPS) is 10.8. The van der Waals surface area contributed by atoms with Gasteiger partial charge >= 0.3 is 0 Å². The second-order valence-electron chi connectivity index (χ2n) is 6.18. The van der Waals surface area contributed by atoms with E-state index in [1.165, 1.54) is 18.0 Å². The topological polar surface area (TPSA) is 85.6 Å². The van der Waals surface area contributed by atoms with Crippen LogP contribution in [0.3, 0.4) is 0 Å². The van der Waals surface area contributed by atoms with Gasteiger partial charge in [0.25, 0.3) is 0 Å². The summed E-state index contributed by atoms with van der Waals surface area (Å²) in [4.78, 5) is 20.6. The highest BCUT2D eigenvalue weighted by molar-refractivity contribution is 7.99. The molecule has 0 saturated carbocycles. The van der Waals surface area contributed by atoms with Crippen LogP contribution in [-0.2, 0) is 4.79 Å². The lowest BCUT2D eigenvalue weighted by Gasteiger charge is -2.11. The molecular weight excluding hydrogens is 479 g/mol. The molecule has 1 N–H and O–H groups in total. The van der Waals surface area contributed by atoms with Crippen LogP contribution >= 0.6 is 46.6 Å². The van der Waals surface area contributed by atoms with Gasteiger partial charge in [-0.3, -0.25) is 14.3 Å². The molecule has 0 fully saturated rings. The van der Waals surface area contributed by atoms with Crippen molar-refractivity contribution in [2.45, 2.75) is 5.16 Å². The lowest BCUT2D eigenvalue weighted by atomic mass is 10.2. The third-order valence-corrected chi connectivity index (χ3v) is 5.93. The van der Waals surface area contributed by atoms with Gasteiger partial charge in [0.1, 0.15) is 5.82 Å². The van der Waals surface area contributed by atoms with Crippen LogP contribution in [0.1, 0.15) is 0 Å². The Kier molecular flexibility index (Phi) is 6.72. The Morgan fingerprint density at radius 2 is 1.90 bits per heavy atom. The van der Waals surface area contributed by atoms with Gasteiger partial charge in [-0.05, 0) is 42.5 Å². The van der Waals surface area contributed by atoms with Gasteiger partial charge in [-0.15, -0.1) is 10.2 Å². The summed E-state index contributed by atoms with van der Waals surface area (Å²) in [6.07, 6.45) is 4.82. The number of anilines is 1. The summed E-state index contributed by atoms with van der Waals surface area (Å²) in [5, 5.41) is 13.1. The van der Waals surface area contributed by atoms with Crippen molar-refractivity contribution in [2.24, 2.45) is 0 Å². The van der Waals surface area contributed by atoms with Crippen molar-refractivity contribution in [3.63, 3.8) is 0 Å². The highest BCUT2D eigenvalue weighted by Gasteiger charge is 2.18. The number of hydrogen-bond donors (Lipinski definition) is 1. The summed E-state index contributed by atoms with van der Waals surface area (Å²) >= 11 is 19.3. The highest BCUT2D eigenvalue weighted by Crippen LogP contribution is 2.31. The molecule has 0 saturated heterocycles. The minimum Gasteiger partial charge on any atom is -0.310 e. The Bertz CT molecular complexity index is 1220. The first-order chi connectivity index (χ1) is 15.0. The van der Waals surface area contributed by atoms with E-state index in [1.54, 1.807) is 47.3 Å². The average molecular weight is 492 g/mol. The Hall–Kier alpha value is -2.65. The number of thioether (sulfide) groups is 1. The lowest BCUT2D eigenvalue weighted by molar-refractivity contribution is -0.113. The van der Waals surface area contributed by atoms with Gasteiger partial charge < -0.3 is 5.32 Å². The molecule has 3 aromatic heterocycles. The monoisotopic (exact) mass is 490 g/mol. The molecule has 0 spiro atoms. The first-order valence-corrected chi connectivity index (χ1v) is 11.0. The Morgan fingerprint density at radius 3 is 2.61 bits per heavy atom. The van der Waals surface area contributed by atoms with E-state index in [0.717, 1.165) is 5.56 Å². The summed E-state index contributed by atoms with van der Waals surface area (Å²) in [6, 6.07) is 12.2. The molecule has 7 nitrogen and oxygen atoms in total. The third kappa shape index (κ3) is 5.16. The SMILES string of the molecule is O=C(CSc1nnc(-c2cccnc2)n1-c1ccc(Cl)c(Cl)c1)Nc1ccc(Cl)cn1. The molecule has 4 aromatic rings. The number of benzene rings is 1. The second-order valence-corrected chi connectivity index (χ2v) is 8.37. The first-order valence-electron chi connectivity index (χ1n) is 8.87. The van der Waals surface area contributed by atoms with Crippen LogP contribution in [0.5, 0.6) is 0 Å². The Morgan fingerprint density at radius 1 is 1.03 bits per heavy atom. The number of nitrogens with one attached hydrogen (secondary N) is 1. The molecule has 4 rings (SSSR count). The molecule has 1 aromatic carbocycles. The zero-order valence-electron chi connectivity index (χ0n) is 15.7. The summed E-state index contributed by atoms with van der Waals surface area (Å²) in [6.45, 7) is 0. The van der Waals surface area contributed by atoms with E-state index in [0.29, 0.717) is 37.6 Å². The molecule has 11 heteroatoms. The number of nitrogens with zero attached hydrogens (tertiary/aromatic N) is 5. The Balaban J connectivity index is 1.61. The molecule has 0 aliphatic heterocycles. The maximum atomic E-state index is 12.4. The van der Waals surface area contributed by atoms with Crippen LogP contribution < -0.4 is 5.32 Å². The van der Waals surface area contributed by atoms with Gasteiger partial charge in [-0.2, -0.15) is 0 Å². The van der Waals surface area contributed by atoms with Crippen molar-refractivity contribution >= 4 is 58.3 Å². The molecular formula is C20H13Cl3N6OS. The molecule has 0 atom stereocenters. The van der Waals surface area contributed by atoms with E-state index in [-0.39, 0.29) is 11.7 Å². The number of carbonyl (C=O) groups excluding carboxylic acids is 1. The van der Waals surface area contributed by atoms with Crippen LogP contribution in [0.25, 0.3) is 17.1 Å². The number of halogens is 3. The fourth-order valence-corrected chi connectivity index (χ4v) is 3.82. The highest BCUT2D eigenvalue weighted by atomic mass is 35.5. The van der Waals surface area contributed by atoms with Crippen LogP contribution in [0.2, 0.25) is 15.1 Å². The number of aromatic nitrogens is 5. The fourth-order valence-electron chi connectivity index (χ4n) is 2.66. The third-order valence-electron chi connectivity index (χ3n) is 4.04. The van der Waals surface area contributed by atoms with Crippen molar-refractivity contribution in [2.75, 3.05) is 11.1 Å². The number of amides is 1. The number of rotatable bonds is 6. The van der Waals surface area contributed by atoms with Crippen molar-refractivity contribution in [3.8, 4) is 17.1 Å². The summed E-state index contributed by atoms with van der Waals surface area (Å²) in [5.41, 5.74) is 1.48. The predicted octanol–water partition coefficient (Wildman–Crippen LogP) is 5.42. The van der Waals surface area contributed by atoms with E-state index in [1.807, 2.05) is 12.1 Å². The largest absolute Gasteiger partial charge is 0.310 e. The molecule has 31 heavy (non-hydrogen) atoms. The lowest BCUT2D eigenvalue weighted by Crippen LogP contribution is -2.15. The van der Waals surface area contributed by atoms with Crippen molar-refractivity contribution < 1.29 is 4.79 Å². The zero-order chi connectivity index (χ0) is 21.8. The zero-order valence-corrected chi connectivity index (χ0v) is 18.8. The average Bonchev–Trinajstić information content (AvgIpc) is 3.20. The van der Waals surface area contributed by atoms with E-state index in [9.17, 15) is 4.79 Å². The van der Waals surface area contributed by atoms with E-state index in [2.05, 4.69) is 25.5 Å². The van der Waals surface area contributed by atoms with Crippen molar-refractivity contribution in [3.05, 3.63) is 76.1 Å². The van der Waals surface area contributed by atoms with E-state index < -0.39 is 0 Å². The van der Waals surface area contributed by atoms with Gasteiger partial charge in [0.15, 0.2) is 11.0 Å². The maximum absolute atomic E-state index is 12.4. The van der Waals surface area contributed by atoms with Gasteiger partial charge in [0.05, 0.1) is 26.5 Å². The number of hydrogen-bond acceptors (Lipinski definition) is 6. The second kappa shape index (κ2) is 9.65. The molecule has 1 amide bonds. The van der Waals surface area contributed by atoms with Gasteiger partial charge in [0, 0.05) is 24.2 Å². The van der Waals surface area contributed by atoms with E-state index >= 15 is 0 Å². The molecule has 0 aliphatic carbocycles. The van der Waals surface area contributed by atoms with Gasteiger partial charge in [-0.25, -0.2) is 4.98 Å². The number of pyridine rings is 2. The summed E-state index contributed by atoms with van der Waals surface area (Å²) in [5.74, 6) is 0.828. The Labute approximate surface area is 196 Å². The quantitative estimate of drug-likeness (QED) is 0.363. The van der Waals surface area contributed by atoms with Crippen molar-refractivity contribution in [1.29, 1.82) is 0 Å². The summed E-state index contributed by atoms with van der Waals surface area (Å²) < 4.78 is 1.80. The fraction of sp³-hybridized carbons (Fsp3) is 0.0500. The van der Waals surface area contributed by atoms with Crippen LogP contribution in [0.4, 0.5) is 5.82 Å². The summed E-state index contributed by atoms with van der Waals surface area (Å²) in [7, 11) is 0. The van der Waals surface area contributed by atoms with Crippen LogP contribution in [-0.4, -0.2) is 36.4 Å². The minimum atomic E-state index is -0.244. The van der Waals surface area contributed by atoms with Gasteiger partial charge in [-0.1, -0.05) is 46.6 Å². The molecule has 0 unspecified atom stereocenters. The van der Waals surface area contributed by atoms with Gasteiger partial charge in [0.2, 0.25) is 5.91 Å². The molecule has 3 heterocycles. The first kappa shape index (κ1) is 21.6. The molecule has 0 aliphatic rings. The smallest absolute Gasteiger partial charge is 0.236 e. The maximum Gasteiger partial charge on any atom is 0.236 e. The minimum absolute atomic E-state index is 0.0940. The number of carbonyl (C=O) groups is 1. The molecule has 156 valence electrons.